The third-order valence-corrected chi connectivity index (χ3v) is 2.10. The van der Waals surface area contributed by atoms with Crippen LogP contribution in [-0.2, 0) is 4.74 Å². The zero-order valence-corrected chi connectivity index (χ0v) is 8.71. The van der Waals surface area contributed by atoms with Crippen LogP contribution in [0.3, 0.4) is 0 Å². The van der Waals surface area contributed by atoms with Gasteiger partial charge in [0.2, 0.25) is 0 Å². The Morgan fingerprint density at radius 2 is 2.33 bits per heavy atom. The molecular weight excluding hydrogens is 218 g/mol. The van der Waals surface area contributed by atoms with Crippen LogP contribution in [0.1, 0.15) is 17.3 Å². The molecule has 1 N–H and O–H groups in total. The van der Waals surface area contributed by atoms with E-state index in [0.29, 0.717) is 28.2 Å². The van der Waals surface area contributed by atoms with Gasteiger partial charge in [-0.05, 0) is 19.1 Å². The van der Waals surface area contributed by atoms with E-state index in [4.69, 9.17) is 16.3 Å². The number of aromatic amines is 1. The molecule has 0 bridgehead atoms. The van der Waals surface area contributed by atoms with E-state index in [2.05, 4.69) is 15.4 Å². The molecule has 2 rings (SSSR count). The number of esters is 1. The van der Waals surface area contributed by atoms with Gasteiger partial charge in [-0.1, -0.05) is 11.6 Å². The molecular formula is C9H8ClN3O2. The first-order valence-electron chi connectivity index (χ1n) is 4.39. The number of H-pyrrole nitrogens is 1. The van der Waals surface area contributed by atoms with Gasteiger partial charge in [-0.25, -0.2) is 4.79 Å². The predicted molar refractivity (Wildman–Crippen MR) is 54.9 cm³/mol. The highest BCUT2D eigenvalue weighted by Crippen LogP contribution is 2.21. The zero-order valence-electron chi connectivity index (χ0n) is 7.95. The van der Waals surface area contributed by atoms with Crippen LogP contribution in [0.4, 0.5) is 0 Å². The molecule has 0 radical (unpaired) electrons. The molecule has 1 aromatic carbocycles. The molecule has 5 nitrogen and oxygen atoms in total. The number of ether oxygens (including phenoxy) is 1. The molecule has 0 atom stereocenters. The lowest BCUT2D eigenvalue weighted by molar-refractivity contribution is 0.0528. The number of halogens is 1. The molecule has 78 valence electrons. The fourth-order valence-electron chi connectivity index (χ4n) is 1.28. The molecule has 0 aliphatic heterocycles. The van der Waals surface area contributed by atoms with Crippen molar-refractivity contribution in [2.45, 2.75) is 6.92 Å². The summed E-state index contributed by atoms with van der Waals surface area (Å²) in [5.74, 6) is -0.445. The van der Waals surface area contributed by atoms with Gasteiger partial charge in [0.05, 0.1) is 12.2 Å². The van der Waals surface area contributed by atoms with Crippen molar-refractivity contribution in [2.24, 2.45) is 0 Å². The number of carbonyl (C=O) groups excluding carboxylic acids is 1. The molecule has 0 amide bonds. The van der Waals surface area contributed by atoms with Gasteiger partial charge in [0.15, 0.2) is 0 Å². The van der Waals surface area contributed by atoms with Crippen molar-refractivity contribution in [3.05, 3.63) is 22.7 Å². The third-order valence-electron chi connectivity index (χ3n) is 1.88. The monoisotopic (exact) mass is 225 g/mol. The van der Waals surface area contributed by atoms with Crippen molar-refractivity contribution in [3.8, 4) is 0 Å². The minimum Gasteiger partial charge on any atom is -0.462 e. The lowest BCUT2D eigenvalue weighted by atomic mass is 10.2. The lowest BCUT2D eigenvalue weighted by Gasteiger charge is -2.02. The highest BCUT2D eigenvalue weighted by atomic mass is 35.5. The van der Waals surface area contributed by atoms with Crippen LogP contribution in [0.25, 0.3) is 11.0 Å². The summed E-state index contributed by atoms with van der Waals surface area (Å²) in [5, 5.41) is 10.6. The van der Waals surface area contributed by atoms with Crippen LogP contribution >= 0.6 is 11.6 Å². The van der Waals surface area contributed by atoms with E-state index in [1.807, 2.05) is 0 Å². The SMILES string of the molecule is CCOC(=O)c1cc(Cl)cc2n[nH]nc12. The van der Waals surface area contributed by atoms with Gasteiger partial charge in [0, 0.05) is 5.02 Å². The van der Waals surface area contributed by atoms with Gasteiger partial charge < -0.3 is 4.74 Å². The Labute approximate surface area is 90.4 Å². The van der Waals surface area contributed by atoms with Crippen LogP contribution in [0.5, 0.6) is 0 Å². The number of hydrogen-bond donors (Lipinski definition) is 1. The van der Waals surface area contributed by atoms with E-state index < -0.39 is 5.97 Å². The number of fused-ring (bicyclic) bond motifs is 1. The normalized spacial score (nSPS) is 10.5. The van der Waals surface area contributed by atoms with Gasteiger partial charge in [-0.15, -0.1) is 0 Å². The molecule has 6 heteroatoms. The molecule has 1 aromatic heterocycles. The van der Waals surface area contributed by atoms with Gasteiger partial charge in [0.1, 0.15) is 11.0 Å². The van der Waals surface area contributed by atoms with Crippen LogP contribution in [-0.4, -0.2) is 28.0 Å². The Morgan fingerprint density at radius 3 is 3.07 bits per heavy atom. The fourth-order valence-corrected chi connectivity index (χ4v) is 1.49. The number of nitrogens with zero attached hydrogens (tertiary/aromatic N) is 2. The average Bonchev–Trinajstić information content (AvgIpc) is 2.64. The standard InChI is InChI=1S/C9H8ClN3O2/c1-2-15-9(14)6-3-5(10)4-7-8(6)12-13-11-7/h3-4H,2H2,1H3,(H,11,12,13). The lowest BCUT2D eigenvalue weighted by Crippen LogP contribution is -2.05. The summed E-state index contributed by atoms with van der Waals surface area (Å²) >= 11 is 5.84. The van der Waals surface area contributed by atoms with E-state index in [-0.39, 0.29) is 0 Å². The summed E-state index contributed by atoms with van der Waals surface area (Å²) in [7, 11) is 0. The zero-order chi connectivity index (χ0) is 10.8. The Hall–Kier alpha value is -1.62. The van der Waals surface area contributed by atoms with Crippen LogP contribution in [0.15, 0.2) is 12.1 Å². The molecule has 0 saturated heterocycles. The quantitative estimate of drug-likeness (QED) is 0.792. The highest BCUT2D eigenvalue weighted by Gasteiger charge is 2.15. The van der Waals surface area contributed by atoms with Crippen molar-refractivity contribution in [1.82, 2.24) is 15.4 Å². The van der Waals surface area contributed by atoms with E-state index in [1.165, 1.54) is 6.07 Å². The Balaban J connectivity index is 2.57. The number of aromatic nitrogens is 3. The summed E-state index contributed by atoms with van der Waals surface area (Å²) < 4.78 is 4.88. The predicted octanol–water partition coefficient (Wildman–Crippen LogP) is 1.79. The average molecular weight is 226 g/mol. The van der Waals surface area contributed by atoms with E-state index in [0.717, 1.165) is 0 Å². The summed E-state index contributed by atoms with van der Waals surface area (Å²) in [4.78, 5) is 11.5. The second-order valence-electron chi connectivity index (χ2n) is 2.87. The summed E-state index contributed by atoms with van der Waals surface area (Å²) in [6.07, 6.45) is 0. The number of carbonyl (C=O) groups is 1. The van der Waals surface area contributed by atoms with Crippen molar-refractivity contribution >= 4 is 28.6 Å². The highest BCUT2D eigenvalue weighted by molar-refractivity contribution is 6.31. The van der Waals surface area contributed by atoms with Crippen LogP contribution in [0.2, 0.25) is 5.02 Å². The van der Waals surface area contributed by atoms with Gasteiger partial charge in [-0.3, -0.25) is 0 Å². The second kappa shape index (κ2) is 3.86. The Kier molecular flexibility index (Phi) is 2.55. The van der Waals surface area contributed by atoms with Crippen LogP contribution < -0.4 is 0 Å². The molecule has 0 unspecified atom stereocenters. The summed E-state index contributed by atoms with van der Waals surface area (Å²) in [5.41, 5.74) is 1.34. The number of benzene rings is 1. The van der Waals surface area contributed by atoms with Crippen molar-refractivity contribution in [1.29, 1.82) is 0 Å². The van der Waals surface area contributed by atoms with Gasteiger partial charge in [0.25, 0.3) is 0 Å². The van der Waals surface area contributed by atoms with E-state index >= 15 is 0 Å². The maximum absolute atomic E-state index is 11.5. The van der Waals surface area contributed by atoms with Crippen molar-refractivity contribution in [3.63, 3.8) is 0 Å². The third kappa shape index (κ3) is 1.78. The van der Waals surface area contributed by atoms with E-state index in [9.17, 15) is 4.79 Å². The van der Waals surface area contributed by atoms with Gasteiger partial charge >= 0.3 is 5.97 Å². The van der Waals surface area contributed by atoms with Crippen molar-refractivity contribution < 1.29 is 9.53 Å². The largest absolute Gasteiger partial charge is 0.462 e. The maximum atomic E-state index is 11.5. The molecule has 0 aliphatic rings. The molecule has 1 heterocycles. The number of nitrogens with one attached hydrogen (secondary N) is 1. The fraction of sp³-hybridized carbons (Fsp3) is 0.222. The minimum absolute atomic E-state index is 0.310. The maximum Gasteiger partial charge on any atom is 0.340 e. The molecule has 0 aliphatic carbocycles. The smallest absolute Gasteiger partial charge is 0.340 e. The first kappa shape index (κ1) is 9.92. The Morgan fingerprint density at radius 1 is 1.53 bits per heavy atom. The molecule has 15 heavy (non-hydrogen) atoms. The molecule has 0 spiro atoms. The molecule has 0 fully saturated rings. The molecule has 0 saturated carbocycles. The second-order valence-corrected chi connectivity index (χ2v) is 3.30. The summed E-state index contributed by atoms with van der Waals surface area (Å²) in [6.45, 7) is 2.05. The first-order valence-corrected chi connectivity index (χ1v) is 4.77. The first-order chi connectivity index (χ1) is 7.22. The van der Waals surface area contributed by atoms with E-state index in [1.54, 1.807) is 13.0 Å². The van der Waals surface area contributed by atoms with Gasteiger partial charge in [-0.2, -0.15) is 15.4 Å². The minimum atomic E-state index is -0.445. The van der Waals surface area contributed by atoms with Crippen molar-refractivity contribution in [2.75, 3.05) is 6.61 Å². The number of hydrogen-bond acceptors (Lipinski definition) is 4. The topological polar surface area (TPSA) is 67.9 Å². The number of rotatable bonds is 2. The Bertz CT molecular complexity index is 509. The summed E-state index contributed by atoms with van der Waals surface area (Å²) in [6, 6.07) is 3.15. The van der Waals surface area contributed by atoms with Crippen LogP contribution in [0, 0.1) is 0 Å². The molecule has 2 aromatic rings.